The minimum absolute atomic E-state index is 0.267. The Kier molecular flexibility index (Phi) is 3.38. The highest BCUT2D eigenvalue weighted by atomic mass is 32.2. The standard InChI is InChI=1S/C16H17NOS/c1-11-5-6-16-12(7-11)8-14(18-16)10-19-15-4-2-3-13(17)9-15/h2-7,9,14H,8,10,17H2,1H3. The highest BCUT2D eigenvalue weighted by molar-refractivity contribution is 7.99. The quantitative estimate of drug-likeness (QED) is 0.683. The van der Waals surface area contributed by atoms with E-state index in [-0.39, 0.29) is 6.10 Å². The summed E-state index contributed by atoms with van der Waals surface area (Å²) in [6.45, 7) is 2.12. The first-order valence-electron chi connectivity index (χ1n) is 6.45. The third kappa shape index (κ3) is 2.87. The van der Waals surface area contributed by atoms with Crippen LogP contribution in [0.3, 0.4) is 0 Å². The van der Waals surface area contributed by atoms with Gasteiger partial charge in [-0.1, -0.05) is 23.8 Å². The Morgan fingerprint density at radius 3 is 3.00 bits per heavy atom. The van der Waals surface area contributed by atoms with Crippen molar-refractivity contribution in [2.75, 3.05) is 11.5 Å². The Labute approximate surface area is 118 Å². The molecular formula is C16H17NOS. The molecule has 1 unspecified atom stereocenters. The second-order valence-corrected chi connectivity index (χ2v) is 6.03. The van der Waals surface area contributed by atoms with Crippen LogP contribution < -0.4 is 10.5 Å². The van der Waals surface area contributed by atoms with Crippen molar-refractivity contribution in [3.8, 4) is 5.75 Å². The van der Waals surface area contributed by atoms with E-state index in [1.807, 2.05) is 18.2 Å². The molecule has 2 nitrogen and oxygen atoms in total. The molecular weight excluding hydrogens is 254 g/mol. The molecule has 2 aromatic rings. The summed E-state index contributed by atoms with van der Waals surface area (Å²) in [5.41, 5.74) is 9.23. The van der Waals surface area contributed by atoms with Crippen LogP contribution in [0.2, 0.25) is 0 Å². The minimum Gasteiger partial charge on any atom is -0.489 e. The molecule has 0 aliphatic carbocycles. The molecule has 0 spiro atoms. The zero-order chi connectivity index (χ0) is 13.2. The molecule has 0 saturated carbocycles. The largest absolute Gasteiger partial charge is 0.489 e. The number of hydrogen-bond acceptors (Lipinski definition) is 3. The van der Waals surface area contributed by atoms with Gasteiger partial charge in [0.1, 0.15) is 11.9 Å². The van der Waals surface area contributed by atoms with E-state index >= 15 is 0 Å². The molecule has 0 saturated heterocycles. The molecule has 1 aliphatic heterocycles. The van der Waals surface area contributed by atoms with Crippen LogP contribution in [0.15, 0.2) is 47.4 Å². The van der Waals surface area contributed by atoms with Crippen LogP contribution in [0, 0.1) is 6.92 Å². The maximum Gasteiger partial charge on any atom is 0.123 e. The minimum atomic E-state index is 0.267. The summed E-state index contributed by atoms with van der Waals surface area (Å²) in [6.07, 6.45) is 1.27. The highest BCUT2D eigenvalue weighted by Crippen LogP contribution is 2.32. The Bertz CT molecular complexity index is 597. The van der Waals surface area contributed by atoms with Gasteiger partial charge in [0.2, 0.25) is 0 Å². The third-order valence-corrected chi connectivity index (χ3v) is 4.38. The summed E-state index contributed by atoms with van der Waals surface area (Å²) in [5.74, 6) is 2.00. The average molecular weight is 271 g/mol. The van der Waals surface area contributed by atoms with Crippen molar-refractivity contribution in [3.05, 3.63) is 53.6 Å². The van der Waals surface area contributed by atoms with E-state index < -0.39 is 0 Å². The van der Waals surface area contributed by atoms with Crippen molar-refractivity contribution in [1.82, 2.24) is 0 Å². The van der Waals surface area contributed by atoms with Crippen LogP contribution in [0.25, 0.3) is 0 Å². The Hall–Kier alpha value is -1.61. The van der Waals surface area contributed by atoms with Gasteiger partial charge in [-0.15, -0.1) is 11.8 Å². The van der Waals surface area contributed by atoms with Gasteiger partial charge in [0, 0.05) is 22.8 Å². The Balaban J connectivity index is 1.62. The lowest BCUT2D eigenvalue weighted by Crippen LogP contribution is -2.15. The molecule has 98 valence electrons. The van der Waals surface area contributed by atoms with Gasteiger partial charge in [-0.2, -0.15) is 0 Å². The molecule has 0 radical (unpaired) electrons. The van der Waals surface area contributed by atoms with E-state index in [9.17, 15) is 0 Å². The maximum absolute atomic E-state index is 5.96. The molecule has 2 aromatic carbocycles. The van der Waals surface area contributed by atoms with Gasteiger partial charge < -0.3 is 10.5 Å². The summed E-state index contributed by atoms with van der Waals surface area (Å²) < 4.78 is 5.96. The number of benzene rings is 2. The Morgan fingerprint density at radius 2 is 2.16 bits per heavy atom. The van der Waals surface area contributed by atoms with Crippen LogP contribution >= 0.6 is 11.8 Å². The summed E-state index contributed by atoms with van der Waals surface area (Å²) in [5, 5.41) is 0. The SMILES string of the molecule is Cc1ccc2c(c1)CC(CSc1cccc(N)c1)O2. The summed E-state index contributed by atoms with van der Waals surface area (Å²) in [4.78, 5) is 1.20. The van der Waals surface area contributed by atoms with Gasteiger partial charge in [0.25, 0.3) is 0 Å². The van der Waals surface area contributed by atoms with Crippen molar-refractivity contribution in [2.45, 2.75) is 24.3 Å². The molecule has 1 heterocycles. The smallest absolute Gasteiger partial charge is 0.123 e. The fourth-order valence-electron chi connectivity index (χ4n) is 2.34. The van der Waals surface area contributed by atoms with Gasteiger partial charge >= 0.3 is 0 Å². The molecule has 0 amide bonds. The van der Waals surface area contributed by atoms with Crippen molar-refractivity contribution in [1.29, 1.82) is 0 Å². The van der Waals surface area contributed by atoms with E-state index in [0.29, 0.717) is 0 Å². The van der Waals surface area contributed by atoms with Gasteiger partial charge in [-0.3, -0.25) is 0 Å². The van der Waals surface area contributed by atoms with Crippen LogP contribution in [-0.2, 0) is 6.42 Å². The summed E-state index contributed by atoms with van der Waals surface area (Å²) >= 11 is 1.80. The first-order valence-corrected chi connectivity index (χ1v) is 7.44. The first kappa shape index (κ1) is 12.4. The van der Waals surface area contributed by atoms with Crippen molar-refractivity contribution in [2.24, 2.45) is 0 Å². The number of anilines is 1. The molecule has 1 aliphatic rings. The number of aryl methyl sites for hydroxylation is 1. The van der Waals surface area contributed by atoms with Crippen molar-refractivity contribution in [3.63, 3.8) is 0 Å². The van der Waals surface area contributed by atoms with Crippen LogP contribution in [0.1, 0.15) is 11.1 Å². The molecule has 3 heteroatoms. The van der Waals surface area contributed by atoms with Crippen molar-refractivity contribution >= 4 is 17.4 Å². The fourth-order valence-corrected chi connectivity index (χ4v) is 3.29. The number of ether oxygens (including phenoxy) is 1. The molecule has 0 bridgehead atoms. The lowest BCUT2D eigenvalue weighted by atomic mass is 10.1. The molecule has 2 N–H and O–H groups in total. The third-order valence-electron chi connectivity index (χ3n) is 3.25. The first-order chi connectivity index (χ1) is 9.20. The lowest BCUT2D eigenvalue weighted by molar-refractivity contribution is 0.259. The van der Waals surface area contributed by atoms with E-state index in [1.165, 1.54) is 16.0 Å². The lowest BCUT2D eigenvalue weighted by Gasteiger charge is -2.10. The summed E-state index contributed by atoms with van der Waals surface area (Å²) in [7, 11) is 0. The monoisotopic (exact) mass is 271 g/mol. The number of rotatable bonds is 3. The zero-order valence-corrected chi connectivity index (χ0v) is 11.7. The van der Waals surface area contributed by atoms with Crippen molar-refractivity contribution < 1.29 is 4.74 Å². The van der Waals surface area contributed by atoms with E-state index in [2.05, 4.69) is 31.2 Å². The predicted molar refractivity (Wildman–Crippen MR) is 80.9 cm³/mol. The number of nitrogen functional groups attached to an aromatic ring is 1. The van der Waals surface area contributed by atoms with Gasteiger partial charge in [-0.05, 0) is 36.8 Å². The topological polar surface area (TPSA) is 35.2 Å². The molecule has 1 atom stereocenters. The second kappa shape index (κ2) is 5.17. The second-order valence-electron chi connectivity index (χ2n) is 4.94. The van der Waals surface area contributed by atoms with Crippen LogP contribution in [0.5, 0.6) is 5.75 Å². The predicted octanol–water partition coefficient (Wildman–Crippen LogP) is 3.67. The maximum atomic E-state index is 5.96. The van der Waals surface area contributed by atoms with Gasteiger partial charge in [0.15, 0.2) is 0 Å². The Morgan fingerprint density at radius 1 is 1.26 bits per heavy atom. The zero-order valence-electron chi connectivity index (χ0n) is 10.9. The number of fused-ring (bicyclic) bond motifs is 1. The normalized spacial score (nSPS) is 17.0. The molecule has 3 rings (SSSR count). The molecule has 0 aromatic heterocycles. The van der Waals surface area contributed by atoms with E-state index in [4.69, 9.17) is 10.5 Å². The van der Waals surface area contributed by atoms with Gasteiger partial charge in [0.05, 0.1) is 0 Å². The van der Waals surface area contributed by atoms with E-state index in [1.54, 1.807) is 11.8 Å². The van der Waals surface area contributed by atoms with Crippen LogP contribution in [0.4, 0.5) is 5.69 Å². The molecule has 19 heavy (non-hydrogen) atoms. The summed E-state index contributed by atoms with van der Waals surface area (Å²) in [6, 6.07) is 14.4. The fraction of sp³-hybridized carbons (Fsp3) is 0.250. The number of thioether (sulfide) groups is 1. The van der Waals surface area contributed by atoms with Crippen LogP contribution in [-0.4, -0.2) is 11.9 Å². The van der Waals surface area contributed by atoms with Gasteiger partial charge in [-0.25, -0.2) is 0 Å². The number of hydrogen-bond donors (Lipinski definition) is 1. The average Bonchev–Trinajstić information content (AvgIpc) is 2.78. The highest BCUT2D eigenvalue weighted by Gasteiger charge is 2.22. The molecule has 0 fully saturated rings. The number of nitrogens with two attached hydrogens (primary N) is 1. The van der Waals surface area contributed by atoms with E-state index in [0.717, 1.165) is 23.6 Å².